The molecule has 2 rings (SSSR count). The summed E-state index contributed by atoms with van der Waals surface area (Å²) >= 11 is 0. The molecular formula is C18H24N2. The third kappa shape index (κ3) is 3.91. The van der Waals surface area contributed by atoms with E-state index in [0.29, 0.717) is 0 Å². The van der Waals surface area contributed by atoms with Crippen LogP contribution in [0, 0.1) is 13.8 Å². The van der Waals surface area contributed by atoms with Gasteiger partial charge in [-0.3, -0.25) is 4.98 Å². The number of hydrogen-bond donors (Lipinski definition) is 1. The van der Waals surface area contributed by atoms with Crippen molar-refractivity contribution in [2.45, 2.75) is 39.7 Å². The lowest BCUT2D eigenvalue weighted by molar-refractivity contribution is 0.515. The van der Waals surface area contributed by atoms with Crippen LogP contribution >= 0.6 is 0 Å². The molecule has 0 amide bonds. The Balaban J connectivity index is 2.22. The number of rotatable bonds is 6. The fraction of sp³-hybridized carbons (Fsp3) is 0.389. The predicted octanol–water partition coefficient (Wildman–Crippen LogP) is 3.98. The SMILES string of the molecule is CCCNC(Cc1ccccc1)c1ncc(C)cc1C. The van der Waals surface area contributed by atoms with Gasteiger partial charge >= 0.3 is 0 Å². The lowest BCUT2D eigenvalue weighted by Gasteiger charge is -2.20. The number of nitrogens with zero attached hydrogens (tertiary/aromatic N) is 1. The van der Waals surface area contributed by atoms with E-state index in [4.69, 9.17) is 0 Å². The van der Waals surface area contributed by atoms with Gasteiger partial charge < -0.3 is 5.32 Å². The topological polar surface area (TPSA) is 24.9 Å². The molecule has 0 aliphatic carbocycles. The van der Waals surface area contributed by atoms with E-state index in [0.717, 1.165) is 19.4 Å². The zero-order valence-electron chi connectivity index (χ0n) is 12.7. The van der Waals surface area contributed by atoms with Crippen molar-refractivity contribution in [3.05, 3.63) is 65.0 Å². The molecule has 0 radical (unpaired) electrons. The Morgan fingerprint density at radius 3 is 2.55 bits per heavy atom. The van der Waals surface area contributed by atoms with Crippen molar-refractivity contribution in [2.75, 3.05) is 6.54 Å². The largest absolute Gasteiger partial charge is 0.308 e. The molecule has 1 heterocycles. The van der Waals surface area contributed by atoms with Gasteiger partial charge in [-0.25, -0.2) is 0 Å². The first-order valence-corrected chi connectivity index (χ1v) is 7.41. The van der Waals surface area contributed by atoms with E-state index in [1.54, 1.807) is 0 Å². The Morgan fingerprint density at radius 2 is 1.90 bits per heavy atom. The van der Waals surface area contributed by atoms with Gasteiger partial charge in [0, 0.05) is 6.20 Å². The summed E-state index contributed by atoms with van der Waals surface area (Å²) in [6.45, 7) is 7.46. The summed E-state index contributed by atoms with van der Waals surface area (Å²) in [5.41, 5.74) is 5.02. The monoisotopic (exact) mass is 268 g/mol. The summed E-state index contributed by atoms with van der Waals surface area (Å²) in [7, 11) is 0. The highest BCUT2D eigenvalue weighted by molar-refractivity contribution is 5.27. The Labute approximate surface area is 122 Å². The molecule has 1 aromatic carbocycles. The molecule has 106 valence electrons. The van der Waals surface area contributed by atoms with E-state index >= 15 is 0 Å². The van der Waals surface area contributed by atoms with Crippen LogP contribution in [-0.2, 0) is 6.42 Å². The fourth-order valence-corrected chi connectivity index (χ4v) is 2.52. The predicted molar refractivity (Wildman–Crippen MR) is 84.9 cm³/mol. The van der Waals surface area contributed by atoms with Crippen molar-refractivity contribution >= 4 is 0 Å². The van der Waals surface area contributed by atoms with Crippen LogP contribution in [0.25, 0.3) is 0 Å². The number of benzene rings is 1. The normalized spacial score (nSPS) is 12.3. The lowest BCUT2D eigenvalue weighted by Crippen LogP contribution is -2.25. The van der Waals surface area contributed by atoms with Crippen LogP contribution in [0.1, 0.15) is 41.8 Å². The van der Waals surface area contributed by atoms with E-state index in [1.165, 1.54) is 22.4 Å². The van der Waals surface area contributed by atoms with Crippen molar-refractivity contribution in [2.24, 2.45) is 0 Å². The number of aromatic nitrogens is 1. The molecule has 2 aromatic rings. The zero-order valence-corrected chi connectivity index (χ0v) is 12.7. The molecule has 1 unspecified atom stereocenters. The molecule has 1 N–H and O–H groups in total. The number of hydrogen-bond acceptors (Lipinski definition) is 2. The molecule has 2 heteroatoms. The van der Waals surface area contributed by atoms with E-state index in [1.807, 2.05) is 6.20 Å². The van der Waals surface area contributed by atoms with Crippen LogP contribution in [0.15, 0.2) is 42.6 Å². The second-order valence-corrected chi connectivity index (χ2v) is 5.41. The summed E-state index contributed by atoms with van der Waals surface area (Å²) in [5.74, 6) is 0. The number of pyridine rings is 1. The molecule has 0 aliphatic rings. The molecule has 20 heavy (non-hydrogen) atoms. The average molecular weight is 268 g/mol. The molecule has 0 saturated carbocycles. The maximum atomic E-state index is 4.66. The summed E-state index contributed by atoms with van der Waals surface area (Å²) in [4.78, 5) is 4.66. The summed E-state index contributed by atoms with van der Waals surface area (Å²) in [5, 5.41) is 3.63. The minimum Gasteiger partial charge on any atom is -0.308 e. The van der Waals surface area contributed by atoms with Gasteiger partial charge in [0.2, 0.25) is 0 Å². The molecule has 1 atom stereocenters. The van der Waals surface area contributed by atoms with Crippen LogP contribution in [-0.4, -0.2) is 11.5 Å². The van der Waals surface area contributed by atoms with Gasteiger partial charge in [-0.1, -0.05) is 43.3 Å². The average Bonchev–Trinajstić information content (AvgIpc) is 2.45. The minimum absolute atomic E-state index is 0.290. The second-order valence-electron chi connectivity index (χ2n) is 5.41. The smallest absolute Gasteiger partial charge is 0.0605 e. The highest BCUT2D eigenvalue weighted by Crippen LogP contribution is 2.20. The van der Waals surface area contributed by atoms with E-state index in [-0.39, 0.29) is 6.04 Å². The Hall–Kier alpha value is -1.67. The van der Waals surface area contributed by atoms with Crippen molar-refractivity contribution < 1.29 is 0 Å². The van der Waals surface area contributed by atoms with Gasteiger partial charge in [0.05, 0.1) is 11.7 Å². The summed E-state index contributed by atoms with van der Waals surface area (Å²) in [6.07, 6.45) is 4.09. The number of nitrogens with one attached hydrogen (secondary N) is 1. The van der Waals surface area contributed by atoms with Crippen LogP contribution in [0.2, 0.25) is 0 Å². The zero-order chi connectivity index (χ0) is 14.4. The Bertz CT molecular complexity index is 534. The van der Waals surface area contributed by atoms with Gasteiger partial charge in [0.25, 0.3) is 0 Å². The highest BCUT2D eigenvalue weighted by atomic mass is 14.9. The molecule has 0 bridgehead atoms. The number of aryl methyl sites for hydroxylation is 2. The summed E-state index contributed by atoms with van der Waals surface area (Å²) in [6, 6.07) is 13.1. The van der Waals surface area contributed by atoms with Gasteiger partial charge in [-0.05, 0) is 49.9 Å². The van der Waals surface area contributed by atoms with Crippen LogP contribution in [0.4, 0.5) is 0 Å². The maximum Gasteiger partial charge on any atom is 0.0605 e. The fourth-order valence-electron chi connectivity index (χ4n) is 2.52. The molecule has 0 saturated heterocycles. The Kier molecular flexibility index (Phi) is 5.31. The first-order chi connectivity index (χ1) is 9.70. The first kappa shape index (κ1) is 14.7. The molecule has 1 aromatic heterocycles. The van der Waals surface area contributed by atoms with Gasteiger partial charge in [0.1, 0.15) is 0 Å². The third-order valence-corrected chi connectivity index (χ3v) is 3.51. The molecule has 0 aliphatic heterocycles. The highest BCUT2D eigenvalue weighted by Gasteiger charge is 2.15. The summed E-state index contributed by atoms with van der Waals surface area (Å²) < 4.78 is 0. The minimum atomic E-state index is 0.290. The quantitative estimate of drug-likeness (QED) is 0.857. The van der Waals surface area contributed by atoms with Crippen molar-refractivity contribution in [3.8, 4) is 0 Å². The van der Waals surface area contributed by atoms with E-state index < -0.39 is 0 Å². The van der Waals surface area contributed by atoms with Gasteiger partial charge in [0.15, 0.2) is 0 Å². The first-order valence-electron chi connectivity index (χ1n) is 7.41. The molecule has 0 spiro atoms. The molecule has 0 fully saturated rings. The lowest BCUT2D eigenvalue weighted by atomic mass is 9.99. The van der Waals surface area contributed by atoms with Crippen LogP contribution < -0.4 is 5.32 Å². The van der Waals surface area contributed by atoms with Crippen LogP contribution in [0.5, 0.6) is 0 Å². The van der Waals surface area contributed by atoms with E-state index in [9.17, 15) is 0 Å². The maximum absolute atomic E-state index is 4.66. The van der Waals surface area contributed by atoms with Crippen molar-refractivity contribution in [1.29, 1.82) is 0 Å². The van der Waals surface area contributed by atoms with E-state index in [2.05, 4.69) is 67.5 Å². The molecule has 2 nitrogen and oxygen atoms in total. The molecular weight excluding hydrogens is 244 g/mol. The van der Waals surface area contributed by atoms with Gasteiger partial charge in [-0.2, -0.15) is 0 Å². The van der Waals surface area contributed by atoms with Crippen LogP contribution in [0.3, 0.4) is 0 Å². The van der Waals surface area contributed by atoms with Crippen molar-refractivity contribution in [1.82, 2.24) is 10.3 Å². The second kappa shape index (κ2) is 7.20. The standard InChI is InChI=1S/C18H24N2/c1-4-10-19-17(12-16-8-6-5-7-9-16)18-15(3)11-14(2)13-20-18/h5-9,11,13,17,19H,4,10,12H2,1-3H3. The van der Waals surface area contributed by atoms with Crippen molar-refractivity contribution in [3.63, 3.8) is 0 Å². The third-order valence-electron chi connectivity index (χ3n) is 3.51. The van der Waals surface area contributed by atoms with Gasteiger partial charge in [-0.15, -0.1) is 0 Å². The Morgan fingerprint density at radius 1 is 1.15 bits per heavy atom.